The average molecular weight is 195 g/mol. The van der Waals surface area contributed by atoms with Crippen molar-refractivity contribution in [2.24, 2.45) is 0 Å². The summed E-state index contributed by atoms with van der Waals surface area (Å²) in [4.78, 5) is 3.19. The van der Waals surface area contributed by atoms with Crippen LogP contribution in [0.3, 0.4) is 0 Å². The minimum Gasteiger partial charge on any atom is -0.365 e. The Kier molecular flexibility index (Phi) is 5.33. The van der Waals surface area contributed by atoms with Crippen LogP contribution >= 0.6 is 0 Å². The summed E-state index contributed by atoms with van der Waals surface area (Å²) in [5.41, 5.74) is 1.30. The highest BCUT2D eigenvalue weighted by molar-refractivity contribution is 5.03. The molecular weight excluding hydrogens is 174 g/mol. The summed E-state index contributed by atoms with van der Waals surface area (Å²) in [7, 11) is 0. The second-order valence-electron chi connectivity index (χ2n) is 3.80. The molecule has 0 aliphatic carbocycles. The molecule has 1 aromatic rings. The molecule has 0 aromatic carbocycles. The van der Waals surface area contributed by atoms with Crippen molar-refractivity contribution >= 4 is 0 Å². The van der Waals surface area contributed by atoms with Gasteiger partial charge >= 0.3 is 0 Å². The Morgan fingerprint density at radius 1 is 1.29 bits per heavy atom. The molecule has 0 atom stereocenters. The molecule has 3 heteroatoms. The lowest BCUT2D eigenvalue weighted by Crippen LogP contribution is -2.32. The molecule has 0 radical (unpaired) electrons. The van der Waals surface area contributed by atoms with Gasteiger partial charge in [-0.1, -0.05) is 13.8 Å². The lowest BCUT2D eigenvalue weighted by atomic mass is 10.3. The maximum atomic E-state index is 3.40. The molecule has 80 valence electrons. The Bertz CT molecular complexity index is 216. The number of aromatic amines is 1. The lowest BCUT2D eigenvalue weighted by molar-refractivity contribution is 0.556. The molecular formula is C11H21N3. The van der Waals surface area contributed by atoms with E-state index < -0.39 is 0 Å². The van der Waals surface area contributed by atoms with E-state index in [1.807, 2.05) is 12.3 Å². The molecule has 14 heavy (non-hydrogen) atoms. The van der Waals surface area contributed by atoms with Gasteiger partial charge in [0, 0.05) is 37.6 Å². The van der Waals surface area contributed by atoms with E-state index in [0.717, 1.165) is 26.1 Å². The molecule has 0 spiro atoms. The van der Waals surface area contributed by atoms with Crippen LogP contribution in [0.5, 0.6) is 0 Å². The van der Waals surface area contributed by atoms with Gasteiger partial charge in [-0.15, -0.1) is 0 Å². The molecule has 3 nitrogen and oxygen atoms in total. The topological polar surface area (TPSA) is 39.8 Å². The van der Waals surface area contributed by atoms with E-state index in [9.17, 15) is 0 Å². The van der Waals surface area contributed by atoms with Crippen LogP contribution in [-0.2, 0) is 6.42 Å². The van der Waals surface area contributed by atoms with Gasteiger partial charge in [-0.2, -0.15) is 0 Å². The van der Waals surface area contributed by atoms with Crippen molar-refractivity contribution in [1.82, 2.24) is 15.6 Å². The van der Waals surface area contributed by atoms with Crippen LogP contribution in [0.1, 0.15) is 19.5 Å². The maximum Gasteiger partial charge on any atom is 0.0159 e. The zero-order valence-corrected chi connectivity index (χ0v) is 9.14. The zero-order valence-electron chi connectivity index (χ0n) is 9.14. The van der Waals surface area contributed by atoms with Crippen LogP contribution in [-0.4, -0.2) is 30.7 Å². The molecule has 0 amide bonds. The van der Waals surface area contributed by atoms with Gasteiger partial charge in [0.15, 0.2) is 0 Å². The smallest absolute Gasteiger partial charge is 0.0159 e. The predicted octanol–water partition coefficient (Wildman–Crippen LogP) is 1.14. The van der Waals surface area contributed by atoms with Crippen LogP contribution in [0.25, 0.3) is 0 Å². The van der Waals surface area contributed by atoms with Gasteiger partial charge in [-0.25, -0.2) is 0 Å². The molecule has 1 rings (SSSR count). The van der Waals surface area contributed by atoms with Crippen LogP contribution in [0, 0.1) is 0 Å². The summed E-state index contributed by atoms with van der Waals surface area (Å²) < 4.78 is 0. The van der Waals surface area contributed by atoms with Crippen molar-refractivity contribution in [3.8, 4) is 0 Å². The third-order valence-corrected chi connectivity index (χ3v) is 2.09. The molecule has 0 saturated carbocycles. The van der Waals surface area contributed by atoms with Gasteiger partial charge in [0.2, 0.25) is 0 Å². The fourth-order valence-electron chi connectivity index (χ4n) is 1.32. The van der Waals surface area contributed by atoms with Gasteiger partial charge in [-0.05, 0) is 18.6 Å². The third-order valence-electron chi connectivity index (χ3n) is 2.09. The molecule has 1 heterocycles. The van der Waals surface area contributed by atoms with Gasteiger partial charge in [-0.3, -0.25) is 0 Å². The highest BCUT2D eigenvalue weighted by Gasteiger charge is 1.93. The Morgan fingerprint density at radius 2 is 2.14 bits per heavy atom. The molecule has 0 aliphatic heterocycles. The monoisotopic (exact) mass is 195 g/mol. The van der Waals surface area contributed by atoms with Gasteiger partial charge < -0.3 is 15.6 Å². The van der Waals surface area contributed by atoms with E-state index in [1.165, 1.54) is 5.69 Å². The fourth-order valence-corrected chi connectivity index (χ4v) is 1.32. The Hall–Kier alpha value is -0.800. The highest BCUT2D eigenvalue weighted by atomic mass is 15.0. The minimum absolute atomic E-state index is 0.584. The predicted molar refractivity (Wildman–Crippen MR) is 60.5 cm³/mol. The first kappa shape index (κ1) is 11.3. The SMILES string of the molecule is CC(C)NCCNCCc1ccc[nH]1. The third kappa shape index (κ3) is 5.04. The molecule has 0 saturated heterocycles. The van der Waals surface area contributed by atoms with E-state index in [1.54, 1.807) is 0 Å². The fraction of sp³-hybridized carbons (Fsp3) is 0.636. The lowest BCUT2D eigenvalue weighted by Gasteiger charge is -2.08. The summed E-state index contributed by atoms with van der Waals surface area (Å²) >= 11 is 0. The van der Waals surface area contributed by atoms with Crippen molar-refractivity contribution in [2.75, 3.05) is 19.6 Å². The summed E-state index contributed by atoms with van der Waals surface area (Å²) in [5, 5.41) is 6.77. The maximum absolute atomic E-state index is 3.40. The van der Waals surface area contributed by atoms with Crippen molar-refractivity contribution in [3.63, 3.8) is 0 Å². The van der Waals surface area contributed by atoms with Crippen molar-refractivity contribution in [3.05, 3.63) is 24.0 Å². The standard InChI is InChI=1S/C11H21N3/c1-10(2)13-9-8-12-7-5-11-4-3-6-14-11/h3-4,6,10,12-14H,5,7-9H2,1-2H3. The Balaban J connectivity index is 1.90. The minimum atomic E-state index is 0.584. The highest BCUT2D eigenvalue weighted by Crippen LogP contribution is 1.93. The van der Waals surface area contributed by atoms with Crippen molar-refractivity contribution < 1.29 is 0 Å². The number of H-pyrrole nitrogens is 1. The van der Waals surface area contributed by atoms with E-state index >= 15 is 0 Å². The van der Waals surface area contributed by atoms with Crippen LogP contribution in [0.4, 0.5) is 0 Å². The molecule has 0 bridgehead atoms. The largest absolute Gasteiger partial charge is 0.365 e. The molecule has 0 fully saturated rings. The summed E-state index contributed by atoms with van der Waals surface area (Å²) in [5.74, 6) is 0. The Morgan fingerprint density at radius 3 is 2.79 bits per heavy atom. The molecule has 0 aliphatic rings. The van der Waals surface area contributed by atoms with Crippen molar-refractivity contribution in [1.29, 1.82) is 0 Å². The molecule has 1 aromatic heterocycles. The van der Waals surface area contributed by atoms with E-state index in [-0.39, 0.29) is 0 Å². The van der Waals surface area contributed by atoms with Gasteiger partial charge in [0.25, 0.3) is 0 Å². The average Bonchev–Trinajstić information content (AvgIpc) is 2.63. The quantitative estimate of drug-likeness (QED) is 0.571. The number of aromatic nitrogens is 1. The first-order chi connectivity index (χ1) is 6.79. The van der Waals surface area contributed by atoms with Crippen LogP contribution < -0.4 is 10.6 Å². The van der Waals surface area contributed by atoms with Crippen molar-refractivity contribution in [2.45, 2.75) is 26.3 Å². The van der Waals surface area contributed by atoms with E-state index in [0.29, 0.717) is 6.04 Å². The number of rotatable bonds is 7. The van der Waals surface area contributed by atoms with Crippen LogP contribution in [0.2, 0.25) is 0 Å². The second-order valence-corrected chi connectivity index (χ2v) is 3.80. The zero-order chi connectivity index (χ0) is 10.2. The van der Waals surface area contributed by atoms with E-state index in [4.69, 9.17) is 0 Å². The summed E-state index contributed by atoms with van der Waals surface area (Å²) in [6.07, 6.45) is 3.05. The van der Waals surface area contributed by atoms with Crippen LogP contribution in [0.15, 0.2) is 18.3 Å². The Labute approximate surface area is 86.3 Å². The number of hydrogen-bond donors (Lipinski definition) is 3. The first-order valence-corrected chi connectivity index (χ1v) is 5.35. The second kappa shape index (κ2) is 6.62. The molecule has 3 N–H and O–H groups in total. The number of hydrogen-bond acceptors (Lipinski definition) is 2. The normalized spacial score (nSPS) is 11.1. The first-order valence-electron chi connectivity index (χ1n) is 5.35. The van der Waals surface area contributed by atoms with Gasteiger partial charge in [0.05, 0.1) is 0 Å². The summed E-state index contributed by atoms with van der Waals surface area (Å²) in [6.45, 7) is 7.46. The summed E-state index contributed by atoms with van der Waals surface area (Å²) in [6, 6.07) is 4.74. The number of nitrogens with one attached hydrogen (secondary N) is 3. The molecule has 0 unspecified atom stereocenters. The van der Waals surface area contributed by atoms with Gasteiger partial charge in [0.1, 0.15) is 0 Å². The van der Waals surface area contributed by atoms with E-state index in [2.05, 4.69) is 35.5 Å².